The summed E-state index contributed by atoms with van der Waals surface area (Å²) in [5.74, 6) is 0. The number of amides is 2. The van der Waals surface area contributed by atoms with Gasteiger partial charge < -0.3 is 15.1 Å². The molecule has 2 amide bonds. The van der Waals surface area contributed by atoms with Crippen molar-refractivity contribution in [3.63, 3.8) is 0 Å². The summed E-state index contributed by atoms with van der Waals surface area (Å²) in [4.78, 5) is 11.1. The van der Waals surface area contributed by atoms with Crippen LogP contribution in [0.5, 0.6) is 0 Å². The number of urea groups is 1. The maximum absolute atomic E-state index is 11.1. The maximum Gasteiger partial charge on any atom is 0.323 e. The lowest BCUT2D eigenvalue weighted by molar-refractivity contribution is 0.257. The first-order valence-electron chi connectivity index (χ1n) is 4.57. The molecule has 0 saturated heterocycles. The van der Waals surface area contributed by atoms with Crippen LogP contribution >= 0.6 is 9.39 Å². The number of nitrogens with one attached hydrogen (secondary N) is 2. The van der Waals surface area contributed by atoms with Crippen LogP contribution in [0.2, 0.25) is 6.82 Å². The van der Waals surface area contributed by atoms with Crippen molar-refractivity contribution in [1.82, 2.24) is 5.09 Å². The van der Waals surface area contributed by atoms with E-state index in [-0.39, 0.29) is 12.9 Å². The molecule has 0 aromatic heterocycles. The molecule has 0 fully saturated rings. The molecule has 1 aromatic rings. The van der Waals surface area contributed by atoms with Crippen molar-refractivity contribution in [3.8, 4) is 0 Å². The van der Waals surface area contributed by atoms with Gasteiger partial charge in [-0.15, -0.1) is 0 Å². The SMILES string of the molecule is COB(C)c1cccc(NC(=O)NP)c1. The van der Waals surface area contributed by atoms with Crippen LogP contribution in [0, 0.1) is 0 Å². The highest BCUT2D eigenvalue weighted by molar-refractivity contribution is 7.15. The third-order valence-electron chi connectivity index (χ3n) is 2.10. The van der Waals surface area contributed by atoms with Gasteiger partial charge in [0.2, 0.25) is 0 Å². The van der Waals surface area contributed by atoms with Crippen molar-refractivity contribution >= 4 is 33.5 Å². The number of carbonyl (C=O) groups is 1. The Labute approximate surface area is 92.1 Å². The van der Waals surface area contributed by atoms with Crippen molar-refractivity contribution in [3.05, 3.63) is 24.3 Å². The van der Waals surface area contributed by atoms with E-state index >= 15 is 0 Å². The fraction of sp³-hybridized carbons (Fsp3) is 0.222. The molecule has 0 aliphatic carbocycles. The molecule has 0 spiro atoms. The van der Waals surface area contributed by atoms with Crippen molar-refractivity contribution in [2.24, 2.45) is 0 Å². The highest BCUT2D eigenvalue weighted by atomic mass is 31.0. The van der Waals surface area contributed by atoms with Crippen molar-refractivity contribution in [2.45, 2.75) is 6.82 Å². The lowest BCUT2D eigenvalue weighted by Crippen LogP contribution is -2.29. The zero-order valence-electron chi connectivity index (χ0n) is 8.78. The van der Waals surface area contributed by atoms with Gasteiger partial charge in [-0.3, -0.25) is 0 Å². The van der Waals surface area contributed by atoms with E-state index in [1.807, 2.05) is 31.1 Å². The Morgan fingerprint density at radius 3 is 2.87 bits per heavy atom. The molecule has 6 heteroatoms. The Morgan fingerprint density at radius 1 is 1.53 bits per heavy atom. The summed E-state index contributed by atoms with van der Waals surface area (Å²) in [7, 11) is 3.80. The van der Waals surface area contributed by atoms with Crippen LogP contribution in [0.1, 0.15) is 0 Å². The molecule has 4 nitrogen and oxygen atoms in total. The van der Waals surface area contributed by atoms with Gasteiger partial charge in [0.15, 0.2) is 0 Å². The van der Waals surface area contributed by atoms with Gasteiger partial charge >= 0.3 is 12.9 Å². The van der Waals surface area contributed by atoms with Gasteiger partial charge in [-0.1, -0.05) is 19.0 Å². The molecule has 0 aliphatic rings. The van der Waals surface area contributed by atoms with Crippen molar-refractivity contribution < 1.29 is 9.45 Å². The number of carbonyl (C=O) groups excluding carboxylic acids is 1. The number of hydrogen-bond donors (Lipinski definition) is 2. The first-order valence-corrected chi connectivity index (χ1v) is 5.15. The summed E-state index contributed by atoms with van der Waals surface area (Å²) in [6, 6.07) is 7.28. The predicted molar refractivity (Wildman–Crippen MR) is 66.6 cm³/mol. The normalized spacial score (nSPS) is 9.53. The molecule has 2 N–H and O–H groups in total. The second-order valence-corrected chi connectivity index (χ2v) is 3.39. The van der Waals surface area contributed by atoms with E-state index in [0.717, 1.165) is 11.2 Å². The standard InChI is InChI=1S/C9H14BN2O2P/c1-10(14-2)7-4-3-5-8(6-7)11-9(13)12-15/h3-6H,15H2,1-2H3,(H2,11,12,13). The molecule has 80 valence electrons. The second kappa shape index (κ2) is 5.74. The van der Waals surface area contributed by atoms with Gasteiger partial charge in [-0.05, 0) is 27.0 Å². The zero-order chi connectivity index (χ0) is 11.3. The van der Waals surface area contributed by atoms with E-state index in [4.69, 9.17) is 4.65 Å². The van der Waals surface area contributed by atoms with Crippen LogP contribution < -0.4 is 15.9 Å². The van der Waals surface area contributed by atoms with Gasteiger partial charge in [0, 0.05) is 12.8 Å². The first kappa shape index (κ1) is 12.0. The fourth-order valence-corrected chi connectivity index (χ4v) is 1.24. The quantitative estimate of drug-likeness (QED) is 0.596. The van der Waals surface area contributed by atoms with Crippen molar-refractivity contribution in [1.29, 1.82) is 0 Å². The number of rotatable bonds is 3. The number of benzene rings is 1. The highest BCUT2D eigenvalue weighted by Gasteiger charge is 2.10. The minimum atomic E-state index is -0.262. The molecule has 0 saturated carbocycles. The average Bonchev–Trinajstić information content (AvgIpc) is 2.28. The molecule has 1 rings (SSSR count). The topological polar surface area (TPSA) is 50.4 Å². The molecule has 1 atom stereocenters. The van der Waals surface area contributed by atoms with Crippen LogP contribution in [0.15, 0.2) is 24.3 Å². The van der Waals surface area contributed by atoms with E-state index < -0.39 is 0 Å². The van der Waals surface area contributed by atoms with Crippen LogP contribution in [0.4, 0.5) is 10.5 Å². The Morgan fingerprint density at radius 2 is 2.27 bits per heavy atom. The lowest BCUT2D eigenvalue weighted by atomic mass is 9.64. The van der Waals surface area contributed by atoms with Gasteiger partial charge in [-0.2, -0.15) is 0 Å². The molecule has 0 heterocycles. The average molecular weight is 224 g/mol. The van der Waals surface area contributed by atoms with Gasteiger partial charge in [0.25, 0.3) is 0 Å². The van der Waals surface area contributed by atoms with E-state index in [0.29, 0.717) is 0 Å². The van der Waals surface area contributed by atoms with Crippen molar-refractivity contribution in [2.75, 3.05) is 12.4 Å². The lowest BCUT2D eigenvalue weighted by Gasteiger charge is -2.09. The fourth-order valence-electron chi connectivity index (χ4n) is 1.17. The van der Waals surface area contributed by atoms with Gasteiger partial charge in [-0.25, -0.2) is 4.79 Å². The second-order valence-electron chi connectivity index (χ2n) is 3.10. The smallest absolute Gasteiger partial charge is 0.323 e. The predicted octanol–water partition coefficient (Wildman–Crippen LogP) is 1.07. The third kappa shape index (κ3) is 3.53. The minimum Gasteiger partial charge on any atom is -0.434 e. The van der Waals surface area contributed by atoms with E-state index in [1.165, 1.54) is 0 Å². The molecular weight excluding hydrogens is 210 g/mol. The number of hydrogen-bond acceptors (Lipinski definition) is 2. The summed E-state index contributed by atoms with van der Waals surface area (Å²) >= 11 is 0. The monoisotopic (exact) mass is 224 g/mol. The Balaban J connectivity index is 2.78. The molecule has 1 unspecified atom stereocenters. The van der Waals surface area contributed by atoms with E-state index in [1.54, 1.807) is 7.11 Å². The summed E-state index contributed by atoms with van der Waals surface area (Å²) in [6.07, 6.45) is 0. The molecule has 1 aromatic carbocycles. The minimum absolute atomic E-state index is 0.0193. The van der Waals surface area contributed by atoms with E-state index in [2.05, 4.69) is 19.8 Å². The summed E-state index contributed by atoms with van der Waals surface area (Å²) in [5.41, 5.74) is 1.77. The largest absolute Gasteiger partial charge is 0.434 e. The Kier molecular flexibility index (Phi) is 4.59. The summed E-state index contributed by atoms with van der Waals surface area (Å²) in [5, 5.41) is 5.10. The van der Waals surface area contributed by atoms with Crippen LogP contribution in [0.25, 0.3) is 0 Å². The molecule has 15 heavy (non-hydrogen) atoms. The van der Waals surface area contributed by atoms with Crippen LogP contribution in [-0.2, 0) is 4.65 Å². The first-order chi connectivity index (χ1) is 7.17. The summed E-state index contributed by atoms with van der Waals surface area (Å²) in [6.45, 7) is 1.97. The van der Waals surface area contributed by atoms with Crippen LogP contribution in [-0.4, -0.2) is 20.1 Å². The molecule has 0 radical (unpaired) electrons. The molecular formula is C9H14BN2O2P. The Hall–Kier alpha value is -1.06. The number of anilines is 1. The zero-order valence-corrected chi connectivity index (χ0v) is 9.94. The molecule has 0 aliphatic heterocycles. The van der Waals surface area contributed by atoms with E-state index in [9.17, 15) is 4.79 Å². The maximum atomic E-state index is 11.1. The van der Waals surface area contributed by atoms with Crippen LogP contribution in [0.3, 0.4) is 0 Å². The van der Waals surface area contributed by atoms with Gasteiger partial charge in [0.1, 0.15) is 0 Å². The Bertz CT molecular complexity index is 349. The third-order valence-corrected chi connectivity index (χ3v) is 2.36. The summed E-state index contributed by atoms with van der Waals surface area (Å²) < 4.78 is 5.19. The van der Waals surface area contributed by atoms with Gasteiger partial charge in [0.05, 0.1) is 0 Å². The highest BCUT2D eigenvalue weighted by Crippen LogP contribution is 2.04. The molecule has 0 bridgehead atoms.